The summed E-state index contributed by atoms with van der Waals surface area (Å²) in [7, 11) is 2.15. The predicted octanol–water partition coefficient (Wildman–Crippen LogP) is 6.18. The van der Waals surface area contributed by atoms with Gasteiger partial charge in [-0.3, -0.25) is 0 Å². The molecule has 0 bridgehead atoms. The second kappa shape index (κ2) is 7.32. The van der Waals surface area contributed by atoms with Crippen LogP contribution in [0.25, 0.3) is 11.3 Å². The third-order valence-electron chi connectivity index (χ3n) is 5.37. The van der Waals surface area contributed by atoms with Gasteiger partial charge in [0.05, 0.1) is 0 Å². The summed E-state index contributed by atoms with van der Waals surface area (Å²) in [6, 6.07) is 11.6. The maximum Gasteiger partial charge on any atom is 0.212 e. The first-order chi connectivity index (χ1) is 11.5. The lowest BCUT2D eigenvalue weighted by Crippen LogP contribution is -2.31. The lowest BCUT2D eigenvalue weighted by Gasteiger charge is -2.25. The Morgan fingerprint density at radius 3 is 2.00 bits per heavy atom. The molecule has 2 aromatic rings. The molecule has 0 unspecified atom stereocenters. The number of aromatic nitrogens is 1. The molecule has 1 heteroatoms. The van der Waals surface area contributed by atoms with Crippen LogP contribution < -0.4 is 4.57 Å². The molecular weight excluding hydrogens is 302 g/mol. The van der Waals surface area contributed by atoms with Crippen molar-refractivity contribution < 1.29 is 4.57 Å². The molecule has 0 atom stereocenters. The van der Waals surface area contributed by atoms with Crippen LogP contribution in [0.5, 0.6) is 0 Å². The van der Waals surface area contributed by atoms with Crippen molar-refractivity contribution >= 4 is 0 Å². The van der Waals surface area contributed by atoms with Crippen LogP contribution in [0.4, 0.5) is 0 Å². The van der Waals surface area contributed by atoms with E-state index in [-0.39, 0.29) is 5.41 Å². The van der Waals surface area contributed by atoms with Gasteiger partial charge in [0, 0.05) is 17.7 Å². The molecule has 0 N–H and O–H groups in total. The van der Waals surface area contributed by atoms with Crippen LogP contribution in [-0.4, -0.2) is 0 Å². The maximum atomic E-state index is 2.42. The van der Waals surface area contributed by atoms with E-state index in [4.69, 9.17) is 0 Å². The first-order valence-corrected chi connectivity index (χ1v) is 9.63. The summed E-state index contributed by atoms with van der Waals surface area (Å²) in [6.45, 7) is 18.4. The Bertz CT molecular complexity index is 724. The highest BCUT2D eigenvalue weighted by Crippen LogP contribution is 2.34. The van der Waals surface area contributed by atoms with Gasteiger partial charge in [-0.2, -0.15) is 0 Å². The minimum atomic E-state index is 0.164. The summed E-state index contributed by atoms with van der Waals surface area (Å²) in [5.74, 6) is 1.87. The minimum absolute atomic E-state index is 0.164. The van der Waals surface area contributed by atoms with Crippen LogP contribution in [0.2, 0.25) is 0 Å². The van der Waals surface area contributed by atoms with Crippen LogP contribution in [-0.2, 0) is 12.5 Å². The second-order valence-corrected chi connectivity index (χ2v) is 9.25. The number of rotatable bonds is 4. The summed E-state index contributed by atoms with van der Waals surface area (Å²) in [4.78, 5) is 0. The minimum Gasteiger partial charge on any atom is -0.201 e. The Morgan fingerprint density at radius 2 is 1.48 bits per heavy atom. The summed E-state index contributed by atoms with van der Waals surface area (Å²) in [5, 5.41) is 0. The summed E-state index contributed by atoms with van der Waals surface area (Å²) >= 11 is 0. The first-order valence-electron chi connectivity index (χ1n) is 9.63. The van der Waals surface area contributed by atoms with Gasteiger partial charge in [0.1, 0.15) is 7.05 Å². The molecule has 1 aromatic heterocycles. The molecule has 1 aromatic carbocycles. The van der Waals surface area contributed by atoms with Crippen molar-refractivity contribution in [1.29, 1.82) is 0 Å². The number of pyridine rings is 1. The van der Waals surface area contributed by atoms with Gasteiger partial charge in [-0.15, -0.1) is 0 Å². The highest BCUT2D eigenvalue weighted by Gasteiger charge is 2.24. The van der Waals surface area contributed by atoms with E-state index in [0.717, 1.165) is 0 Å². The Kier molecular flexibility index (Phi) is 5.76. The van der Waals surface area contributed by atoms with Crippen molar-refractivity contribution in [2.75, 3.05) is 0 Å². The molecule has 0 saturated heterocycles. The zero-order valence-electron chi connectivity index (χ0n) is 17.6. The van der Waals surface area contributed by atoms with E-state index in [1.165, 1.54) is 27.9 Å². The lowest BCUT2D eigenvalue weighted by atomic mass is 9.79. The number of benzene rings is 1. The average molecular weight is 339 g/mol. The average Bonchev–Trinajstić information content (AvgIpc) is 2.48. The Hall–Kier alpha value is -1.63. The molecule has 0 aliphatic rings. The predicted molar refractivity (Wildman–Crippen MR) is 109 cm³/mol. The SMILES string of the molecule is Cc1ccc(C(C)(C)C)cc1-c1cc(C(C(C)C)C(C)C)cc[n+]1C. The molecule has 0 spiro atoms. The van der Waals surface area contributed by atoms with Crippen LogP contribution in [0.1, 0.15) is 71.1 Å². The molecule has 2 rings (SSSR count). The van der Waals surface area contributed by atoms with Crippen molar-refractivity contribution in [3.63, 3.8) is 0 Å². The topological polar surface area (TPSA) is 3.88 Å². The molecule has 136 valence electrons. The van der Waals surface area contributed by atoms with Gasteiger partial charge < -0.3 is 0 Å². The molecule has 0 fully saturated rings. The molecule has 1 heterocycles. The smallest absolute Gasteiger partial charge is 0.201 e. The molecule has 0 amide bonds. The monoisotopic (exact) mass is 338 g/mol. The van der Waals surface area contributed by atoms with E-state index < -0.39 is 0 Å². The third-order valence-corrected chi connectivity index (χ3v) is 5.37. The first kappa shape index (κ1) is 19.7. The Labute approximate surface area is 155 Å². The van der Waals surface area contributed by atoms with Gasteiger partial charge >= 0.3 is 0 Å². The highest BCUT2D eigenvalue weighted by atomic mass is 14.9. The zero-order chi connectivity index (χ0) is 18.9. The largest absolute Gasteiger partial charge is 0.212 e. The molecule has 1 nitrogen and oxygen atoms in total. The lowest BCUT2D eigenvalue weighted by molar-refractivity contribution is -0.660. The summed E-state index contributed by atoms with van der Waals surface area (Å²) < 4.78 is 2.26. The van der Waals surface area contributed by atoms with E-state index >= 15 is 0 Å². The van der Waals surface area contributed by atoms with Crippen molar-refractivity contribution in [2.45, 2.75) is 66.7 Å². The quantitative estimate of drug-likeness (QED) is 0.586. The van der Waals surface area contributed by atoms with Crippen molar-refractivity contribution in [3.05, 3.63) is 53.2 Å². The number of hydrogen-bond donors (Lipinski definition) is 0. The van der Waals surface area contributed by atoms with Crippen LogP contribution >= 0.6 is 0 Å². The van der Waals surface area contributed by atoms with Crippen LogP contribution in [0.3, 0.4) is 0 Å². The van der Waals surface area contributed by atoms with Crippen molar-refractivity contribution in [3.8, 4) is 11.3 Å². The van der Waals surface area contributed by atoms with Crippen molar-refractivity contribution in [1.82, 2.24) is 0 Å². The summed E-state index contributed by atoms with van der Waals surface area (Å²) in [5.41, 5.74) is 7.01. The van der Waals surface area contributed by atoms with E-state index in [0.29, 0.717) is 17.8 Å². The van der Waals surface area contributed by atoms with Gasteiger partial charge in [0.2, 0.25) is 5.69 Å². The van der Waals surface area contributed by atoms with Gasteiger partial charge in [0.25, 0.3) is 0 Å². The summed E-state index contributed by atoms with van der Waals surface area (Å²) in [6.07, 6.45) is 2.23. The zero-order valence-corrected chi connectivity index (χ0v) is 17.6. The van der Waals surface area contributed by atoms with Crippen molar-refractivity contribution in [2.24, 2.45) is 18.9 Å². The molecule has 0 aliphatic carbocycles. The van der Waals surface area contributed by atoms with Gasteiger partial charge in [-0.25, -0.2) is 4.57 Å². The van der Waals surface area contributed by atoms with E-state index in [9.17, 15) is 0 Å². The number of hydrogen-bond acceptors (Lipinski definition) is 0. The van der Waals surface area contributed by atoms with Crippen LogP contribution in [0.15, 0.2) is 36.5 Å². The Balaban J connectivity index is 2.62. The fourth-order valence-corrected chi connectivity index (χ4v) is 3.97. The Morgan fingerprint density at radius 1 is 0.880 bits per heavy atom. The van der Waals surface area contributed by atoms with Gasteiger partial charge in [-0.1, -0.05) is 60.6 Å². The standard InChI is InChI=1S/C24H36N/c1-16(2)23(17(3)4)19-12-13-25(9)22(14-19)21-15-20(24(6,7)8)11-10-18(21)5/h10-17,23H,1-9H3/q+1. The third kappa shape index (κ3) is 4.32. The molecule has 25 heavy (non-hydrogen) atoms. The molecule has 0 saturated carbocycles. The van der Waals surface area contributed by atoms with Gasteiger partial charge in [-0.05, 0) is 52.8 Å². The van der Waals surface area contributed by atoms with Gasteiger partial charge in [0.15, 0.2) is 6.20 Å². The van der Waals surface area contributed by atoms with E-state index in [1.54, 1.807) is 0 Å². The fourth-order valence-electron chi connectivity index (χ4n) is 3.97. The molecule has 0 aliphatic heterocycles. The maximum absolute atomic E-state index is 2.42. The molecular formula is C24H36N+. The van der Waals surface area contributed by atoms with E-state index in [1.807, 2.05) is 0 Å². The molecule has 0 radical (unpaired) electrons. The second-order valence-electron chi connectivity index (χ2n) is 9.25. The number of aryl methyl sites for hydroxylation is 2. The number of nitrogens with zero attached hydrogens (tertiary/aromatic N) is 1. The fraction of sp³-hybridized carbons (Fsp3) is 0.542. The normalized spacial score (nSPS) is 12.5. The van der Waals surface area contributed by atoms with E-state index in [2.05, 4.69) is 104 Å². The van der Waals surface area contributed by atoms with Crippen LogP contribution in [0, 0.1) is 18.8 Å². The highest BCUT2D eigenvalue weighted by molar-refractivity contribution is 5.63.